The number of benzene rings is 2. The van der Waals surface area contributed by atoms with E-state index in [1.54, 1.807) is 12.1 Å². The normalized spacial score (nSPS) is 10.3. The van der Waals surface area contributed by atoms with Crippen molar-refractivity contribution in [3.05, 3.63) is 68.7 Å². The molecule has 0 bridgehead atoms. The number of non-ortho nitro benzene ring substituents is 1. The highest BCUT2D eigenvalue weighted by atomic mass is 35.5. The van der Waals surface area contributed by atoms with Crippen molar-refractivity contribution in [1.82, 2.24) is 10.6 Å². The van der Waals surface area contributed by atoms with Crippen molar-refractivity contribution in [1.29, 1.82) is 0 Å². The Balaban J connectivity index is 1.84. The first-order valence-electron chi connectivity index (χ1n) is 9.24. The van der Waals surface area contributed by atoms with Crippen molar-refractivity contribution in [3.8, 4) is 0 Å². The molecule has 0 fully saturated rings. The van der Waals surface area contributed by atoms with E-state index in [1.165, 1.54) is 24.3 Å². The smallest absolute Gasteiger partial charge is 0.338 e. The first-order valence-corrected chi connectivity index (χ1v) is 9.62. The number of urea groups is 1. The molecule has 0 unspecified atom stereocenters. The summed E-state index contributed by atoms with van der Waals surface area (Å²) in [4.78, 5) is 46.2. The van der Waals surface area contributed by atoms with E-state index in [1.807, 2.05) is 13.8 Å². The number of anilines is 1. The number of nitro groups is 1. The van der Waals surface area contributed by atoms with Crippen LogP contribution in [0, 0.1) is 10.1 Å². The number of ether oxygens (including phenoxy) is 1. The van der Waals surface area contributed by atoms with Crippen molar-refractivity contribution in [2.45, 2.75) is 19.9 Å². The van der Waals surface area contributed by atoms with E-state index in [9.17, 15) is 24.5 Å². The summed E-state index contributed by atoms with van der Waals surface area (Å²) < 4.78 is 5.12. The lowest BCUT2D eigenvalue weighted by molar-refractivity contribution is -0.384. The highest BCUT2D eigenvalue weighted by Gasteiger charge is 2.15. The summed E-state index contributed by atoms with van der Waals surface area (Å²) in [6, 6.07) is 9.29. The highest BCUT2D eigenvalue weighted by molar-refractivity contribution is 6.34. The van der Waals surface area contributed by atoms with E-state index in [2.05, 4.69) is 16.0 Å². The predicted octanol–water partition coefficient (Wildman–Crippen LogP) is 3.36. The first-order chi connectivity index (χ1) is 14.7. The third-order valence-electron chi connectivity index (χ3n) is 3.80. The Kier molecular flexibility index (Phi) is 8.33. The number of carbonyl (C=O) groups excluding carboxylic acids is 3. The summed E-state index contributed by atoms with van der Waals surface area (Å²) >= 11 is 5.91. The van der Waals surface area contributed by atoms with Crippen LogP contribution in [0.25, 0.3) is 0 Å². The molecule has 0 aliphatic carbocycles. The van der Waals surface area contributed by atoms with Gasteiger partial charge < -0.3 is 20.7 Å². The SMILES string of the molecule is CC(C)NC(=O)Nc1cccc(C(=O)OCCNC(=O)c2ccc([N+](=O)[O-])cc2Cl)c1. The number of rotatable bonds is 8. The van der Waals surface area contributed by atoms with Gasteiger partial charge in [0.2, 0.25) is 0 Å². The zero-order chi connectivity index (χ0) is 23.0. The van der Waals surface area contributed by atoms with Gasteiger partial charge in [0, 0.05) is 23.9 Å². The molecule has 11 heteroatoms. The van der Waals surface area contributed by atoms with E-state index < -0.39 is 22.8 Å². The van der Waals surface area contributed by atoms with Gasteiger partial charge >= 0.3 is 12.0 Å². The van der Waals surface area contributed by atoms with Crippen molar-refractivity contribution < 1.29 is 24.0 Å². The molecule has 0 aromatic heterocycles. The summed E-state index contributed by atoms with van der Waals surface area (Å²) in [7, 11) is 0. The number of amides is 3. The number of hydrogen-bond donors (Lipinski definition) is 3. The molecule has 0 aliphatic heterocycles. The minimum Gasteiger partial charge on any atom is -0.460 e. The highest BCUT2D eigenvalue weighted by Crippen LogP contribution is 2.22. The van der Waals surface area contributed by atoms with Gasteiger partial charge in [0.15, 0.2) is 0 Å². The maximum Gasteiger partial charge on any atom is 0.338 e. The summed E-state index contributed by atoms with van der Waals surface area (Å²) in [5.41, 5.74) is 0.492. The van der Waals surface area contributed by atoms with Gasteiger partial charge in [-0.25, -0.2) is 9.59 Å². The van der Waals surface area contributed by atoms with Crippen LogP contribution in [0.2, 0.25) is 5.02 Å². The van der Waals surface area contributed by atoms with Crippen LogP contribution in [0.15, 0.2) is 42.5 Å². The van der Waals surface area contributed by atoms with Crippen molar-refractivity contribution >= 4 is 40.9 Å². The first kappa shape index (κ1) is 23.6. The van der Waals surface area contributed by atoms with E-state index in [0.717, 1.165) is 6.07 Å². The molecule has 164 valence electrons. The Morgan fingerprint density at radius 3 is 2.55 bits per heavy atom. The predicted molar refractivity (Wildman–Crippen MR) is 114 cm³/mol. The van der Waals surface area contributed by atoms with Gasteiger partial charge in [0.1, 0.15) is 6.61 Å². The number of esters is 1. The van der Waals surface area contributed by atoms with Gasteiger partial charge in [-0.1, -0.05) is 17.7 Å². The zero-order valence-electron chi connectivity index (χ0n) is 16.8. The van der Waals surface area contributed by atoms with Crippen LogP contribution >= 0.6 is 11.6 Å². The minimum absolute atomic E-state index is 0.00657. The van der Waals surface area contributed by atoms with E-state index in [4.69, 9.17) is 16.3 Å². The molecule has 0 aliphatic rings. The number of nitrogens with zero attached hydrogens (tertiary/aromatic N) is 1. The molecule has 0 heterocycles. The van der Waals surface area contributed by atoms with E-state index in [0.29, 0.717) is 5.69 Å². The Morgan fingerprint density at radius 1 is 1.16 bits per heavy atom. The summed E-state index contributed by atoms with van der Waals surface area (Å²) in [5, 5.41) is 18.5. The number of nitrogens with one attached hydrogen (secondary N) is 3. The standard InChI is InChI=1S/C20H21ClN4O6/c1-12(2)23-20(28)24-14-5-3-4-13(10-14)19(27)31-9-8-22-18(26)16-7-6-15(25(29)30)11-17(16)21/h3-7,10-12H,8-9H2,1-2H3,(H,22,26)(H2,23,24,28). The zero-order valence-corrected chi connectivity index (χ0v) is 17.6. The topological polar surface area (TPSA) is 140 Å². The number of carbonyl (C=O) groups is 3. The molecule has 2 aromatic rings. The summed E-state index contributed by atoms with van der Waals surface area (Å²) in [6.07, 6.45) is 0. The van der Waals surface area contributed by atoms with Gasteiger partial charge in [0.05, 0.1) is 27.6 Å². The monoisotopic (exact) mass is 448 g/mol. The quantitative estimate of drug-likeness (QED) is 0.245. The van der Waals surface area contributed by atoms with Crippen molar-refractivity contribution in [3.63, 3.8) is 0 Å². The molecule has 0 atom stereocenters. The second-order valence-corrected chi connectivity index (χ2v) is 7.05. The fourth-order valence-corrected chi connectivity index (χ4v) is 2.70. The van der Waals surface area contributed by atoms with Crippen LogP contribution in [0.3, 0.4) is 0 Å². The number of nitro benzene ring substituents is 1. The third kappa shape index (κ3) is 7.27. The molecule has 0 radical (unpaired) electrons. The van der Waals surface area contributed by atoms with Gasteiger partial charge in [-0.15, -0.1) is 0 Å². The largest absolute Gasteiger partial charge is 0.460 e. The Morgan fingerprint density at radius 2 is 1.90 bits per heavy atom. The van der Waals surface area contributed by atoms with Crippen LogP contribution in [-0.2, 0) is 4.74 Å². The van der Waals surface area contributed by atoms with Gasteiger partial charge in [-0.05, 0) is 38.1 Å². The fourth-order valence-electron chi connectivity index (χ4n) is 2.44. The molecular formula is C20H21ClN4O6. The molecule has 0 spiro atoms. The average Bonchev–Trinajstić information content (AvgIpc) is 2.70. The number of halogens is 1. The maximum atomic E-state index is 12.2. The van der Waals surface area contributed by atoms with Crippen molar-refractivity contribution in [2.24, 2.45) is 0 Å². The minimum atomic E-state index is -0.629. The van der Waals surface area contributed by atoms with Gasteiger partial charge in [0.25, 0.3) is 11.6 Å². The molecule has 3 amide bonds. The van der Waals surface area contributed by atoms with Crippen molar-refractivity contribution in [2.75, 3.05) is 18.5 Å². The molecule has 0 saturated carbocycles. The lowest BCUT2D eigenvalue weighted by Gasteiger charge is -2.11. The second-order valence-electron chi connectivity index (χ2n) is 6.65. The Hall–Kier alpha value is -3.66. The van der Waals surface area contributed by atoms with Crippen LogP contribution in [-0.4, -0.2) is 42.0 Å². The van der Waals surface area contributed by atoms with Crippen LogP contribution in [0.4, 0.5) is 16.2 Å². The molecule has 2 aromatic carbocycles. The summed E-state index contributed by atoms with van der Waals surface area (Å²) in [5.74, 6) is -1.19. The molecule has 10 nitrogen and oxygen atoms in total. The third-order valence-corrected chi connectivity index (χ3v) is 4.12. The van der Waals surface area contributed by atoms with Crippen LogP contribution < -0.4 is 16.0 Å². The van der Waals surface area contributed by atoms with Crippen LogP contribution in [0.1, 0.15) is 34.6 Å². The molecule has 3 N–H and O–H groups in total. The fraction of sp³-hybridized carbons (Fsp3) is 0.250. The number of hydrogen-bond acceptors (Lipinski definition) is 6. The van der Waals surface area contributed by atoms with E-state index >= 15 is 0 Å². The van der Waals surface area contributed by atoms with Gasteiger partial charge in [-0.3, -0.25) is 14.9 Å². The molecule has 31 heavy (non-hydrogen) atoms. The maximum absolute atomic E-state index is 12.2. The van der Waals surface area contributed by atoms with Crippen LogP contribution in [0.5, 0.6) is 0 Å². The molecular weight excluding hydrogens is 428 g/mol. The average molecular weight is 449 g/mol. The van der Waals surface area contributed by atoms with Gasteiger partial charge in [-0.2, -0.15) is 0 Å². The molecule has 2 rings (SSSR count). The van der Waals surface area contributed by atoms with E-state index in [-0.39, 0.29) is 41.0 Å². The lowest BCUT2D eigenvalue weighted by atomic mass is 10.2. The Bertz CT molecular complexity index is 995. The summed E-state index contributed by atoms with van der Waals surface area (Å²) in [6.45, 7) is 3.54. The molecule has 0 saturated heterocycles. The Labute approximate surface area is 183 Å². The lowest BCUT2D eigenvalue weighted by Crippen LogP contribution is -2.34. The second kappa shape index (κ2) is 10.9.